The van der Waals surface area contributed by atoms with Gasteiger partial charge >= 0.3 is 0 Å². The number of nitrogens with zero attached hydrogens (tertiary/aromatic N) is 6. The zero-order chi connectivity index (χ0) is 22.5. The number of imidazole rings is 1. The van der Waals surface area contributed by atoms with Gasteiger partial charge < -0.3 is 14.6 Å². The molecule has 0 amide bonds. The molecule has 0 spiro atoms. The van der Waals surface area contributed by atoms with Crippen molar-refractivity contribution in [3.63, 3.8) is 0 Å². The van der Waals surface area contributed by atoms with Gasteiger partial charge in [-0.05, 0) is 37.3 Å². The SMILES string of the molecule is Cc1nnc(-c2cc(N3CCOCC3)cc3c2ncn3-c2ccnc3c(Cl)c(F)ccc23)[nH]1. The van der Waals surface area contributed by atoms with Crippen LogP contribution < -0.4 is 4.90 Å². The smallest absolute Gasteiger partial charge is 0.163 e. The van der Waals surface area contributed by atoms with Crippen molar-refractivity contribution >= 4 is 39.2 Å². The number of fused-ring (bicyclic) bond motifs is 2. The molecule has 0 aliphatic carbocycles. The van der Waals surface area contributed by atoms with Crippen LogP contribution in [0.25, 0.3) is 39.0 Å². The van der Waals surface area contributed by atoms with Crippen molar-refractivity contribution < 1.29 is 9.13 Å². The highest BCUT2D eigenvalue weighted by Crippen LogP contribution is 2.35. The van der Waals surface area contributed by atoms with Crippen molar-refractivity contribution in [3.8, 4) is 17.1 Å². The largest absolute Gasteiger partial charge is 0.378 e. The van der Waals surface area contributed by atoms with Crippen LogP contribution in [0.5, 0.6) is 0 Å². The summed E-state index contributed by atoms with van der Waals surface area (Å²) in [7, 11) is 0. The van der Waals surface area contributed by atoms with Gasteiger partial charge in [0.15, 0.2) is 5.82 Å². The number of hydrogen-bond acceptors (Lipinski definition) is 6. The molecule has 4 heterocycles. The lowest BCUT2D eigenvalue weighted by molar-refractivity contribution is 0.122. The first-order valence-corrected chi connectivity index (χ1v) is 10.9. The van der Waals surface area contributed by atoms with Gasteiger partial charge in [-0.1, -0.05) is 11.6 Å². The molecule has 1 N–H and O–H groups in total. The minimum atomic E-state index is -0.498. The van der Waals surface area contributed by atoms with Gasteiger partial charge in [0.05, 0.1) is 35.5 Å². The number of pyridine rings is 1. The lowest BCUT2D eigenvalue weighted by atomic mass is 10.1. The molecular formula is C23H19ClFN7O. The second kappa shape index (κ2) is 7.79. The fourth-order valence-electron chi connectivity index (χ4n) is 4.30. The van der Waals surface area contributed by atoms with E-state index in [-0.39, 0.29) is 5.02 Å². The highest BCUT2D eigenvalue weighted by Gasteiger charge is 2.20. The van der Waals surface area contributed by atoms with Crippen LogP contribution in [0.3, 0.4) is 0 Å². The molecule has 1 aliphatic rings. The molecule has 8 nitrogen and oxygen atoms in total. The minimum absolute atomic E-state index is 0.00519. The van der Waals surface area contributed by atoms with Gasteiger partial charge in [0, 0.05) is 35.9 Å². The monoisotopic (exact) mass is 463 g/mol. The van der Waals surface area contributed by atoms with Crippen molar-refractivity contribution in [2.45, 2.75) is 6.92 Å². The molecule has 5 aromatic rings. The van der Waals surface area contributed by atoms with Crippen LogP contribution >= 0.6 is 11.6 Å². The van der Waals surface area contributed by atoms with Gasteiger partial charge in [-0.25, -0.2) is 9.37 Å². The number of H-pyrrole nitrogens is 1. The van der Waals surface area contributed by atoms with E-state index in [1.54, 1.807) is 18.6 Å². The maximum absolute atomic E-state index is 14.1. The van der Waals surface area contributed by atoms with Crippen molar-refractivity contribution in [3.05, 3.63) is 59.5 Å². The Labute approximate surface area is 193 Å². The lowest BCUT2D eigenvalue weighted by Gasteiger charge is -2.29. The quantitative estimate of drug-likeness (QED) is 0.429. The normalized spacial score (nSPS) is 14.5. The summed E-state index contributed by atoms with van der Waals surface area (Å²) in [6, 6.07) is 9.12. The third kappa shape index (κ3) is 3.32. The van der Waals surface area contributed by atoms with Crippen LogP contribution in [0.2, 0.25) is 5.02 Å². The average Bonchev–Trinajstić information content (AvgIpc) is 3.47. The molecule has 1 saturated heterocycles. The van der Waals surface area contributed by atoms with Crippen LogP contribution in [0.15, 0.2) is 42.9 Å². The third-order valence-corrected chi connectivity index (χ3v) is 6.27. The molecule has 2 aromatic carbocycles. The number of rotatable bonds is 3. The molecular weight excluding hydrogens is 445 g/mol. The van der Waals surface area contributed by atoms with Crippen LogP contribution in [-0.2, 0) is 4.74 Å². The van der Waals surface area contributed by atoms with Crippen molar-refractivity contribution in [1.29, 1.82) is 0 Å². The van der Waals surface area contributed by atoms with E-state index in [0.717, 1.165) is 52.3 Å². The molecule has 0 atom stereocenters. The number of morpholine rings is 1. The Bertz CT molecular complexity index is 1510. The van der Waals surface area contributed by atoms with Crippen molar-refractivity contribution in [2.75, 3.05) is 31.2 Å². The standard InChI is InChI=1S/C23H19ClFN7O/c1-13-28-23(30-29-13)16-10-14(31-6-8-33-9-7-31)11-19-21(16)27-12-32(19)18-4-5-26-22-15(18)2-3-17(25)20(22)24/h2-5,10-12H,6-9H2,1H3,(H,28,29,30). The zero-order valence-electron chi connectivity index (χ0n) is 17.7. The van der Waals surface area contributed by atoms with Gasteiger partial charge in [0.2, 0.25) is 0 Å². The highest BCUT2D eigenvalue weighted by atomic mass is 35.5. The van der Waals surface area contributed by atoms with Gasteiger partial charge in [0.25, 0.3) is 0 Å². The molecule has 1 fully saturated rings. The van der Waals surface area contributed by atoms with Gasteiger partial charge in [-0.3, -0.25) is 9.55 Å². The van der Waals surface area contributed by atoms with Crippen LogP contribution in [0.4, 0.5) is 10.1 Å². The topological polar surface area (TPSA) is 84.8 Å². The first kappa shape index (κ1) is 20.1. The van der Waals surface area contributed by atoms with Gasteiger partial charge in [-0.15, -0.1) is 10.2 Å². The number of ether oxygens (including phenoxy) is 1. The molecule has 10 heteroatoms. The first-order valence-electron chi connectivity index (χ1n) is 10.6. The van der Waals surface area contributed by atoms with Crippen molar-refractivity contribution in [1.82, 2.24) is 29.7 Å². The van der Waals surface area contributed by atoms with E-state index in [1.807, 2.05) is 17.6 Å². The molecule has 6 rings (SSSR count). The summed E-state index contributed by atoms with van der Waals surface area (Å²) in [5.74, 6) is 0.885. The molecule has 166 valence electrons. The fraction of sp³-hybridized carbons (Fsp3) is 0.217. The molecule has 0 unspecified atom stereocenters. The van der Waals surface area contributed by atoms with E-state index in [4.69, 9.17) is 21.3 Å². The number of aromatic amines is 1. The fourth-order valence-corrected chi connectivity index (χ4v) is 4.51. The average molecular weight is 464 g/mol. The van der Waals surface area contributed by atoms with Crippen molar-refractivity contribution in [2.24, 2.45) is 0 Å². The van der Waals surface area contributed by atoms with E-state index < -0.39 is 5.82 Å². The van der Waals surface area contributed by atoms with E-state index >= 15 is 0 Å². The Morgan fingerprint density at radius 2 is 1.91 bits per heavy atom. The van der Waals surface area contributed by atoms with Crippen LogP contribution in [-0.4, -0.2) is 56.0 Å². The van der Waals surface area contributed by atoms with E-state index in [0.29, 0.717) is 24.6 Å². The molecule has 1 aliphatic heterocycles. The highest BCUT2D eigenvalue weighted by molar-refractivity contribution is 6.35. The number of benzene rings is 2. The van der Waals surface area contributed by atoms with E-state index in [2.05, 4.69) is 37.2 Å². The number of hydrogen-bond donors (Lipinski definition) is 1. The Morgan fingerprint density at radius 1 is 1.06 bits per heavy atom. The molecule has 33 heavy (non-hydrogen) atoms. The number of nitrogens with one attached hydrogen (secondary N) is 1. The minimum Gasteiger partial charge on any atom is -0.378 e. The zero-order valence-corrected chi connectivity index (χ0v) is 18.5. The summed E-state index contributed by atoms with van der Waals surface area (Å²) in [4.78, 5) is 14.5. The summed E-state index contributed by atoms with van der Waals surface area (Å²) in [6.07, 6.45) is 3.38. The molecule has 0 bridgehead atoms. The van der Waals surface area contributed by atoms with Crippen LogP contribution in [0.1, 0.15) is 5.82 Å². The lowest BCUT2D eigenvalue weighted by Crippen LogP contribution is -2.36. The predicted molar refractivity (Wildman–Crippen MR) is 124 cm³/mol. The predicted octanol–water partition coefficient (Wildman–Crippen LogP) is 4.30. The Balaban J connectivity index is 1.62. The first-order chi connectivity index (χ1) is 16.1. The maximum Gasteiger partial charge on any atom is 0.163 e. The molecule has 0 radical (unpaired) electrons. The number of halogens is 2. The third-order valence-electron chi connectivity index (χ3n) is 5.91. The Kier molecular flexibility index (Phi) is 4.74. The second-order valence-corrected chi connectivity index (χ2v) is 8.30. The van der Waals surface area contributed by atoms with Gasteiger partial charge in [-0.2, -0.15) is 0 Å². The summed E-state index contributed by atoms with van der Waals surface area (Å²) in [5, 5.41) is 9.18. The second-order valence-electron chi connectivity index (χ2n) is 7.92. The van der Waals surface area contributed by atoms with E-state index in [1.165, 1.54) is 6.07 Å². The Hall–Kier alpha value is -3.56. The number of aryl methyl sites for hydroxylation is 1. The summed E-state index contributed by atoms with van der Waals surface area (Å²) < 4.78 is 21.6. The molecule has 3 aromatic heterocycles. The Morgan fingerprint density at radius 3 is 2.70 bits per heavy atom. The number of anilines is 1. The summed E-state index contributed by atoms with van der Waals surface area (Å²) in [5.41, 5.74) is 4.78. The summed E-state index contributed by atoms with van der Waals surface area (Å²) in [6.45, 7) is 4.80. The van der Waals surface area contributed by atoms with Gasteiger partial charge in [0.1, 0.15) is 23.0 Å². The molecule has 0 saturated carbocycles. The number of aromatic nitrogens is 6. The summed E-state index contributed by atoms with van der Waals surface area (Å²) >= 11 is 6.21. The van der Waals surface area contributed by atoms with Crippen LogP contribution in [0, 0.1) is 12.7 Å². The maximum atomic E-state index is 14.1. The van der Waals surface area contributed by atoms with E-state index in [9.17, 15) is 4.39 Å².